The van der Waals surface area contributed by atoms with Gasteiger partial charge in [-0.2, -0.15) is 0 Å². The first-order valence-electron chi connectivity index (χ1n) is 10.7. The Morgan fingerprint density at radius 1 is 0.714 bits per heavy atom. The molecule has 2 aromatic heterocycles. The molecule has 184 valence electrons. The summed E-state index contributed by atoms with van der Waals surface area (Å²) in [6, 6.07) is 10.6. The zero-order valence-electron chi connectivity index (χ0n) is 19.0. The molecule has 3 rings (SSSR count). The second kappa shape index (κ2) is 12.5. The molecule has 0 unspecified atom stereocenters. The molecule has 6 amide bonds. The van der Waals surface area contributed by atoms with E-state index in [1.807, 2.05) is 0 Å². The molecule has 6 N–H and O–H groups in total. The summed E-state index contributed by atoms with van der Waals surface area (Å²) in [6.07, 6.45) is 3.01. The van der Waals surface area contributed by atoms with Crippen molar-refractivity contribution in [3.8, 4) is 0 Å². The average Bonchev–Trinajstić information content (AvgIpc) is 3.55. The predicted octanol–water partition coefficient (Wildman–Crippen LogP) is 2.06. The van der Waals surface area contributed by atoms with E-state index in [9.17, 15) is 19.2 Å². The maximum atomic E-state index is 12.2. The molecule has 0 fully saturated rings. The molecule has 3 aromatic rings. The predicted molar refractivity (Wildman–Crippen MR) is 126 cm³/mol. The summed E-state index contributed by atoms with van der Waals surface area (Å²) in [5.41, 5.74) is 1.58. The Labute approximate surface area is 200 Å². The molecule has 12 heteroatoms. The molecular weight excluding hydrogens is 456 g/mol. The fourth-order valence-electron chi connectivity index (χ4n) is 2.82. The Morgan fingerprint density at radius 3 is 1.77 bits per heavy atom. The Kier molecular flexibility index (Phi) is 8.88. The van der Waals surface area contributed by atoms with Crippen LogP contribution in [0.5, 0.6) is 0 Å². The quantitative estimate of drug-likeness (QED) is 0.259. The lowest BCUT2D eigenvalue weighted by molar-refractivity contribution is -0.121. The minimum atomic E-state index is -0.592. The first-order chi connectivity index (χ1) is 16.9. The topological polar surface area (TPSA) is 167 Å². The maximum Gasteiger partial charge on any atom is 0.319 e. The number of furan rings is 2. The summed E-state index contributed by atoms with van der Waals surface area (Å²) < 4.78 is 10.2. The van der Waals surface area contributed by atoms with E-state index < -0.39 is 12.1 Å². The second-order valence-corrected chi connectivity index (χ2v) is 7.36. The van der Waals surface area contributed by atoms with E-state index in [1.165, 1.54) is 12.5 Å². The van der Waals surface area contributed by atoms with Crippen molar-refractivity contribution in [3.05, 3.63) is 72.1 Å². The summed E-state index contributed by atoms with van der Waals surface area (Å²) in [5.74, 6) is 0.434. The summed E-state index contributed by atoms with van der Waals surface area (Å²) in [5, 5.41) is 15.4. The van der Waals surface area contributed by atoms with Crippen LogP contribution in [0.15, 0.2) is 63.8 Å². The van der Waals surface area contributed by atoms with Crippen LogP contribution >= 0.6 is 0 Å². The molecule has 1 aromatic carbocycles. The summed E-state index contributed by atoms with van der Waals surface area (Å²) >= 11 is 0. The van der Waals surface area contributed by atoms with Crippen LogP contribution in [0, 0.1) is 6.92 Å². The number of anilines is 2. The third-order valence-corrected chi connectivity index (χ3v) is 4.64. The number of aryl methyl sites for hydroxylation is 1. The molecule has 12 nitrogen and oxygen atoms in total. The molecule has 35 heavy (non-hydrogen) atoms. The monoisotopic (exact) mass is 482 g/mol. The normalized spacial score (nSPS) is 10.2. The molecule has 0 aliphatic carbocycles. The van der Waals surface area contributed by atoms with E-state index in [0.29, 0.717) is 22.9 Å². The Morgan fingerprint density at radius 2 is 1.26 bits per heavy atom. The third kappa shape index (κ3) is 8.61. The lowest BCUT2D eigenvalue weighted by atomic mass is 10.2. The SMILES string of the molecule is Cc1ccc(NC(=O)NCC(=O)NCc2ccco2)cc1NC(=O)NCC(=O)NCc1ccco1. The van der Waals surface area contributed by atoms with Crippen LogP contribution in [0.2, 0.25) is 0 Å². The van der Waals surface area contributed by atoms with Gasteiger partial charge in [0, 0.05) is 11.4 Å². The van der Waals surface area contributed by atoms with Gasteiger partial charge in [0.2, 0.25) is 11.8 Å². The van der Waals surface area contributed by atoms with Gasteiger partial charge < -0.3 is 40.7 Å². The van der Waals surface area contributed by atoms with Crippen LogP contribution in [0.1, 0.15) is 17.1 Å². The van der Waals surface area contributed by atoms with Gasteiger partial charge in [-0.25, -0.2) is 9.59 Å². The molecule has 0 bridgehead atoms. The first kappa shape index (κ1) is 24.9. The highest BCUT2D eigenvalue weighted by Crippen LogP contribution is 2.20. The Hall–Kier alpha value is -4.74. The number of nitrogens with one attached hydrogen (secondary N) is 6. The van der Waals surface area contributed by atoms with Crippen molar-refractivity contribution in [2.75, 3.05) is 23.7 Å². The minimum absolute atomic E-state index is 0.218. The van der Waals surface area contributed by atoms with E-state index in [4.69, 9.17) is 8.83 Å². The van der Waals surface area contributed by atoms with Crippen LogP contribution in [0.4, 0.5) is 21.0 Å². The fourth-order valence-corrected chi connectivity index (χ4v) is 2.82. The smallest absolute Gasteiger partial charge is 0.319 e. The number of carbonyl (C=O) groups is 4. The zero-order chi connectivity index (χ0) is 25.0. The number of urea groups is 2. The lowest BCUT2D eigenvalue weighted by Gasteiger charge is -2.13. The highest BCUT2D eigenvalue weighted by atomic mass is 16.3. The fraction of sp³-hybridized carbons (Fsp3) is 0.217. The number of rotatable bonds is 10. The van der Waals surface area contributed by atoms with Gasteiger partial charge >= 0.3 is 12.1 Å². The Balaban J connectivity index is 1.39. The summed E-state index contributed by atoms with van der Waals surface area (Å²) in [6.45, 7) is 1.76. The highest BCUT2D eigenvalue weighted by molar-refractivity contribution is 5.95. The average molecular weight is 482 g/mol. The van der Waals surface area contributed by atoms with Gasteiger partial charge in [0.15, 0.2) is 0 Å². The number of amides is 6. The first-order valence-corrected chi connectivity index (χ1v) is 10.7. The number of hydrogen-bond acceptors (Lipinski definition) is 6. The van der Waals surface area contributed by atoms with Gasteiger partial charge in [0.1, 0.15) is 11.5 Å². The summed E-state index contributed by atoms with van der Waals surface area (Å²) in [4.78, 5) is 48.0. The highest BCUT2D eigenvalue weighted by Gasteiger charge is 2.10. The van der Waals surface area contributed by atoms with Crippen molar-refractivity contribution in [2.24, 2.45) is 0 Å². The van der Waals surface area contributed by atoms with Crippen LogP contribution in [0.25, 0.3) is 0 Å². The Bertz CT molecular complexity index is 1140. The van der Waals surface area contributed by atoms with Gasteiger partial charge in [0.05, 0.1) is 38.7 Å². The zero-order valence-corrected chi connectivity index (χ0v) is 19.0. The van der Waals surface area contributed by atoms with Crippen molar-refractivity contribution in [2.45, 2.75) is 20.0 Å². The van der Waals surface area contributed by atoms with Crippen LogP contribution < -0.4 is 31.9 Å². The number of carbonyl (C=O) groups excluding carboxylic acids is 4. The molecule has 0 saturated carbocycles. The molecule has 0 aliphatic heterocycles. The minimum Gasteiger partial charge on any atom is -0.467 e. The third-order valence-electron chi connectivity index (χ3n) is 4.64. The van der Waals surface area contributed by atoms with E-state index in [1.54, 1.807) is 49.4 Å². The molecule has 0 atom stereocenters. The van der Waals surface area contributed by atoms with E-state index in [-0.39, 0.29) is 38.0 Å². The number of benzene rings is 1. The molecule has 2 heterocycles. The maximum absolute atomic E-state index is 12.2. The van der Waals surface area contributed by atoms with Crippen LogP contribution in [0.3, 0.4) is 0 Å². The molecule has 0 radical (unpaired) electrons. The molecular formula is C23H26N6O6. The van der Waals surface area contributed by atoms with Crippen molar-refractivity contribution in [1.82, 2.24) is 21.3 Å². The molecule has 0 spiro atoms. The van der Waals surface area contributed by atoms with Crippen molar-refractivity contribution in [3.63, 3.8) is 0 Å². The summed E-state index contributed by atoms with van der Waals surface area (Å²) in [7, 11) is 0. The van der Waals surface area contributed by atoms with Crippen molar-refractivity contribution in [1.29, 1.82) is 0 Å². The van der Waals surface area contributed by atoms with Crippen LogP contribution in [-0.4, -0.2) is 37.0 Å². The lowest BCUT2D eigenvalue weighted by Crippen LogP contribution is -2.39. The standard InChI is InChI=1S/C23H26N6O6/c1-15-6-7-16(28-22(32)26-13-20(30)24-11-17-4-2-8-34-17)10-19(15)29-23(33)27-14-21(31)25-12-18-5-3-9-35-18/h2-10H,11-14H2,1H3,(H,24,30)(H,25,31)(H2,26,28,32)(H2,27,29,33). The largest absolute Gasteiger partial charge is 0.467 e. The number of hydrogen-bond donors (Lipinski definition) is 6. The van der Waals surface area contributed by atoms with Crippen molar-refractivity contribution < 1.29 is 28.0 Å². The van der Waals surface area contributed by atoms with Gasteiger partial charge in [-0.15, -0.1) is 0 Å². The van der Waals surface area contributed by atoms with Gasteiger partial charge in [-0.3, -0.25) is 9.59 Å². The van der Waals surface area contributed by atoms with Crippen LogP contribution in [-0.2, 0) is 22.7 Å². The van der Waals surface area contributed by atoms with Gasteiger partial charge in [-0.1, -0.05) is 6.07 Å². The van der Waals surface area contributed by atoms with E-state index in [0.717, 1.165) is 5.56 Å². The van der Waals surface area contributed by atoms with Gasteiger partial charge in [-0.05, 0) is 48.9 Å². The van der Waals surface area contributed by atoms with Crippen molar-refractivity contribution >= 4 is 35.3 Å². The van der Waals surface area contributed by atoms with E-state index >= 15 is 0 Å². The van der Waals surface area contributed by atoms with Gasteiger partial charge in [0.25, 0.3) is 0 Å². The second-order valence-electron chi connectivity index (χ2n) is 7.36. The van der Waals surface area contributed by atoms with E-state index in [2.05, 4.69) is 31.9 Å². The molecule has 0 aliphatic rings. The molecule has 0 saturated heterocycles.